The highest BCUT2D eigenvalue weighted by atomic mass is 16.2. The standard InChI is InChI=1S/C20H31N3O2/c1-13(2)19-20(25)22-8-9-23(19)12-18(24)21-7-6-17-15(4)10-14(3)11-16(17)5/h10-11,13,19H,6-9,12H2,1-5H3,(H,21,24)(H,22,25). The van der Waals surface area contributed by atoms with Crippen LogP contribution in [-0.2, 0) is 16.0 Å². The smallest absolute Gasteiger partial charge is 0.237 e. The maximum atomic E-state index is 12.3. The van der Waals surface area contributed by atoms with Crippen molar-refractivity contribution in [2.24, 2.45) is 5.92 Å². The van der Waals surface area contributed by atoms with Crippen molar-refractivity contribution >= 4 is 11.8 Å². The molecule has 1 unspecified atom stereocenters. The normalized spacial score (nSPS) is 18.3. The molecule has 0 radical (unpaired) electrons. The minimum atomic E-state index is -0.221. The monoisotopic (exact) mass is 345 g/mol. The Morgan fingerprint density at radius 2 is 1.92 bits per heavy atom. The highest BCUT2D eigenvalue weighted by molar-refractivity contribution is 5.84. The molecule has 1 heterocycles. The molecule has 0 spiro atoms. The highest BCUT2D eigenvalue weighted by Gasteiger charge is 2.32. The number of benzene rings is 1. The van der Waals surface area contributed by atoms with E-state index in [4.69, 9.17) is 0 Å². The quantitative estimate of drug-likeness (QED) is 0.825. The number of hydrogen-bond acceptors (Lipinski definition) is 3. The first kappa shape index (κ1) is 19.4. The van der Waals surface area contributed by atoms with E-state index >= 15 is 0 Å². The lowest BCUT2D eigenvalue weighted by Gasteiger charge is -2.36. The summed E-state index contributed by atoms with van der Waals surface area (Å²) in [7, 11) is 0. The number of nitrogens with one attached hydrogen (secondary N) is 2. The lowest BCUT2D eigenvalue weighted by atomic mass is 9.97. The number of carbonyl (C=O) groups excluding carboxylic acids is 2. The summed E-state index contributed by atoms with van der Waals surface area (Å²) >= 11 is 0. The summed E-state index contributed by atoms with van der Waals surface area (Å²) < 4.78 is 0. The number of rotatable bonds is 6. The molecule has 138 valence electrons. The molecule has 25 heavy (non-hydrogen) atoms. The van der Waals surface area contributed by atoms with Crippen LogP contribution in [-0.4, -0.2) is 48.9 Å². The zero-order valence-corrected chi connectivity index (χ0v) is 16.1. The molecule has 5 nitrogen and oxygen atoms in total. The summed E-state index contributed by atoms with van der Waals surface area (Å²) in [6.07, 6.45) is 0.831. The number of aryl methyl sites for hydroxylation is 3. The van der Waals surface area contributed by atoms with E-state index < -0.39 is 0 Å². The summed E-state index contributed by atoms with van der Waals surface area (Å²) in [4.78, 5) is 26.3. The molecule has 1 atom stereocenters. The van der Waals surface area contributed by atoms with Crippen LogP contribution in [0.2, 0.25) is 0 Å². The number of hydrogen-bond donors (Lipinski definition) is 2. The molecule has 0 aromatic heterocycles. The molecule has 0 bridgehead atoms. The Bertz CT molecular complexity index is 617. The van der Waals surface area contributed by atoms with Crippen molar-refractivity contribution in [2.45, 2.75) is 47.1 Å². The molecular formula is C20H31N3O2. The van der Waals surface area contributed by atoms with Crippen LogP contribution in [0.15, 0.2) is 12.1 Å². The summed E-state index contributed by atoms with van der Waals surface area (Å²) in [5, 5.41) is 5.90. The fourth-order valence-corrected chi connectivity index (χ4v) is 3.81. The molecule has 0 saturated carbocycles. The van der Waals surface area contributed by atoms with Crippen LogP contribution in [0.5, 0.6) is 0 Å². The van der Waals surface area contributed by atoms with Crippen molar-refractivity contribution in [3.8, 4) is 0 Å². The van der Waals surface area contributed by atoms with E-state index in [0.717, 1.165) is 13.0 Å². The third-order valence-electron chi connectivity index (χ3n) is 4.88. The highest BCUT2D eigenvalue weighted by Crippen LogP contribution is 2.17. The third-order valence-corrected chi connectivity index (χ3v) is 4.88. The number of piperazine rings is 1. The Morgan fingerprint density at radius 1 is 1.28 bits per heavy atom. The van der Waals surface area contributed by atoms with Gasteiger partial charge in [0.2, 0.25) is 11.8 Å². The van der Waals surface area contributed by atoms with Crippen LogP contribution in [0.1, 0.15) is 36.1 Å². The van der Waals surface area contributed by atoms with Gasteiger partial charge in [-0.1, -0.05) is 31.5 Å². The third kappa shape index (κ3) is 5.05. The van der Waals surface area contributed by atoms with Gasteiger partial charge in [-0.15, -0.1) is 0 Å². The Balaban J connectivity index is 1.87. The first-order valence-electron chi connectivity index (χ1n) is 9.14. The van der Waals surface area contributed by atoms with Gasteiger partial charge in [0.1, 0.15) is 0 Å². The summed E-state index contributed by atoms with van der Waals surface area (Å²) in [5.74, 6) is 0.202. The van der Waals surface area contributed by atoms with E-state index in [9.17, 15) is 9.59 Å². The molecule has 1 fully saturated rings. The molecule has 0 aliphatic carbocycles. The van der Waals surface area contributed by atoms with Crippen LogP contribution in [0.3, 0.4) is 0 Å². The SMILES string of the molecule is Cc1cc(C)c(CCNC(=O)CN2CCNC(=O)C2C(C)C)c(C)c1. The Kier molecular flexibility index (Phi) is 6.59. The molecule has 1 aromatic carbocycles. The van der Waals surface area contributed by atoms with Crippen LogP contribution >= 0.6 is 0 Å². The van der Waals surface area contributed by atoms with Gasteiger partial charge >= 0.3 is 0 Å². The number of carbonyl (C=O) groups is 2. The van der Waals surface area contributed by atoms with Crippen molar-refractivity contribution < 1.29 is 9.59 Å². The van der Waals surface area contributed by atoms with Gasteiger partial charge in [0.25, 0.3) is 0 Å². The van der Waals surface area contributed by atoms with Gasteiger partial charge in [-0.25, -0.2) is 0 Å². The predicted octanol–water partition coefficient (Wildman–Crippen LogP) is 1.73. The number of nitrogens with zero attached hydrogens (tertiary/aromatic N) is 1. The maximum absolute atomic E-state index is 12.3. The predicted molar refractivity (Wildman–Crippen MR) is 101 cm³/mol. The first-order valence-corrected chi connectivity index (χ1v) is 9.14. The van der Waals surface area contributed by atoms with Crippen LogP contribution < -0.4 is 10.6 Å². The largest absolute Gasteiger partial charge is 0.355 e. The molecule has 2 amide bonds. The second-order valence-electron chi connectivity index (χ2n) is 7.43. The van der Waals surface area contributed by atoms with Crippen LogP contribution in [0.4, 0.5) is 0 Å². The minimum absolute atomic E-state index is 0.0113. The Hall–Kier alpha value is -1.88. The van der Waals surface area contributed by atoms with Gasteiger partial charge in [-0.05, 0) is 49.8 Å². The Morgan fingerprint density at radius 3 is 2.52 bits per heavy atom. The summed E-state index contributed by atoms with van der Waals surface area (Å²) in [6, 6.07) is 4.15. The Labute approximate surface area is 151 Å². The molecule has 1 saturated heterocycles. The van der Waals surface area contributed by atoms with Gasteiger partial charge in [0.05, 0.1) is 12.6 Å². The summed E-state index contributed by atoms with van der Waals surface area (Å²) in [6.45, 7) is 12.6. The van der Waals surface area contributed by atoms with E-state index in [2.05, 4.69) is 43.5 Å². The molecule has 1 aromatic rings. The molecule has 1 aliphatic heterocycles. The van der Waals surface area contributed by atoms with E-state index in [-0.39, 0.29) is 30.3 Å². The fourth-order valence-electron chi connectivity index (χ4n) is 3.81. The van der Waals surface area contributed by atoms with Crippen LogP contribution in [0, 0.1) is 26.7 Å². The second-order valence-corrected chi connectivity index (χ2v) is 7.43. The fraction of sp³-hybridized carbons (Fsp3) is 0.600. The molecular weight excluding hydrogens is 314 g/mol. The van der Waals surface area contributed by atoms with E-state index in [1.165, 1.54) is 22.3 Å². The van der Waals surface area contributed by atoms with E-state index in [1.54, 1.807) is 0 Å². The van der Waals surface area contributed by atoms with Crippen molar-refractivity contribution in [1.82, 2.24) is 15.5 Å². The number of amides is 2. The lowest BCUT2D eigenvalue weighted by Crippen LogP contribution is -2.59. The average Bonchev–Trinajstić information content (AvgIpc) is 2.49. The zero-order chi connectivity index (χ0) is 18.6. The van der Waals surface area contributed by atoms with Crippen molar-refractivity contribution in [1.29, 1.82) is 0 Å². The molecule has 2 rings (SSSR count). The first-order chi connectivity index (χ1) is 11.8. The van der Waals surface area contributed by atoms with Crippen LogP contribution in [0.25, 0.3) is 0 Å². The van der Waals surface area contributed by atoms with Crippen molar-refractivity contribution in [2.75, 3.05) is 26.2 Å². The topological polar surface area (TPSA) is 61.4 Å². The summed E-state index contributed by atoms with van der Waals surface area (Å²) in [5.41, 5.74) is 5.13. The van der Waals surface area contributed by atoms with Gasteiger partial charge in [0.15, 0.2) is 0 Å². The minimum Gasteiger partial charge on any atom is -0.355 e. The second kappa shape index (κ2) is 8.48. The van der Waals surface area contributed by atoms with Gasteiger partial charge in [-0.3, -0.25) is 14.5 Å². The zero-order valence-electron chi connectivity index (χ0n) is 16.1. The van der Waals surface area contributed by atoms with Gasteiger partial charge < -0.3 is 10.6 Å². The van der Waals surface area contributed by atoms with Gasteiger partial charge in [0, 0.05) is 19.6 Å². The van der Waals surface area contributed by atoms with Crippen molar-refractivity contribution in [3.63, 3.8) is 0 Å². The molecule has 2 N–H and O–H groups in total. The van der Waals surface area contributed by atoms with Gasteiger partial charge in [-0.2, -0.15) is 0 Å². The maximum Gasteiger partial charge on any atom is 0.237 e. The average molecular weight is 345 g/mol. The molecule has 1 aliphatic rings. The molecule has 5 heteroatoms. The lowest BCUT2D eigenvalue weighted by molar-refractivity contribution is -0.133. The van der Waals surface area contributed by atoms with E-state index in [1.807, 2.05) is 18.7 Å². The van der Waals surface area contributed by atoms with Crippen molar-refractivity contribution in [3.05, 3.63) is 34.4 Å². The van der Waals surface area contributed by atoms with E-state index in [0.29, 0.717) is 13.1 Å².